The molecule has 2 aromatic carbocycles. The molecular formula is C38H58N3O10P+2. The zero-order valence-corrected chi connectivity index (χ0v) is 32.5. The molecule has 3 heterocycles. The van der Waals surface area contributed by atoms with Crippen LogP contribution in [0.5, 0.6) is 5.75 Å². The fourth-order valence-electron chi connectivity index (χ4n) is 8.11. The van der Waals surface area contributed by atoms with Crippen LogP contribution in [0.2, 0.25) is 0 Å². The lowest BCUT2D eigenvalue weighted by molar-refractivity contribution is -0.954. The Morgan fingerprint density at radius 3 is 2.21 bits per heavy atom. The van der Waals surface area contributed by atoms with E-state index >= 15 is 0 Å². The molecule has 2 bridgehead atoms. The normalized spacial score (nSPS) is 26.6. The molecule has 13 nitrogen and oxygen atoms in total. The van der Waals surface area contributed by atoms with Crippen LogP contribution in [0, 0.1) is 0 Å². The van der Waals surface area contributed by atoms with Crippen molar-refractivity contribution in [2.45, 2.75) is 109 Å². The van der Waals surface area contributed by atoms with Gasteiger partial charge in [-0.1, -0.05) is 36.4 Å². The van der Waals surface area contributed by atoms with E-state index in [0.29, 0.717) is 41.9 Å². The van der Waals surface area contributed by atoms with Crippen molar-refractivity contribution >= 4 is 19.8 Å². The van der Waals surface area contributed by atoms with Gasteiger partial charge in [0.1, 0.15) is 55.2 Å². The number of epoxide rings is 1. The van der Waals surface area contributed by atoms with Gasteiger partial charge in [-0.15, -0.1) is 0 Å². The molecule has 14 heteroatoms. The molecule has 0 aliphatic carbocycles. The fourth-order valence-corrected chi connectivity index (χ4v) is 8.54. The number of likely N-dealkylation sites (N-methyl/N-ethyl adjacent to an activating group) is 2. The zero-order chi connectivity index (χ0) is 38.1. The van der Waals surface area contributed by atoms with E-state index < -0.39 is 31.8 Å². The van der Waals surface area contributed by atoms with Crippen LogP contribution in [-0.2, 0) is 34.9 Å². The van der Waals surface area contributed by atoms with E-state index in [0.717, 1.165) is 23.9 Å². The number of carbonyl (C=O) groups excluding carboxylic acids is 2. The van der Waals surface area contributed by atoms with Crippen molar-refractivity contribution in [2.75, 3.05) is 46.4 Å². The predicted octanol–water partition coefficient (Wildman–Crippen LogP) is 3.95. The van der Waals surface area contributed by atoms with Gasteiger partial charge in [-0.25, -0.2) is 9.36 Å². The third-order valence-electron chi connectivity index (χ3n) is 11.5. The van der Waals surface area contributed by atoms with Gasteiger partial charge < -0.3 is 38.1 Å². The van der Waals surface area contributed by atoms with Crippen LogP contribution < -0.4 is 9.84 Å². The number of benzene rings is 2. The SMILES string of the molecule is CC[N+](CC)(CC(=O)OCC(C(=O)OC1CC2[C@H]3O[C@H]3C(C1)[N+]2(C)CC)c1ccccc1)Cc1cc(C(O)CNC(C)(C)C)ccc1OP(=O)(O)O. The van der Waals surface area contributed by atoms with Crippen molar-refractivity contribution in [2.24, 2.45) is 0 Å². The lowest BCUT2D eigenvalue weighted by Crippen LogP contribution is -2.62. The standard InChI is InChI=1S/C38H56N3O10P/c1-8-40(7)30-19-28(20-31(40)36-35(30)50-36)49-37(44)29(25-14-12-11-13-15-25)24-48-34(43)23-41(9-2,10-3)22-27-18-26(32(42)21-39-38(4,5)6)16-17-33(27)51-52(45,46)47/h11-18,28-32,35-36,39,42H,8-10,19-24H2,1-7H3/p+2/t28?,29?,30?,31?,32?,35-,36+,40?. The molecule has 5 rings (SSSR count). The molecule has 3 saturated heterocycles. The summed E-state index contributed by atoms with van der Waals surface area (Å²) in [4.78, 5) is 46.7. The maximum Gasteiger partial charge on any atom is 0.524 e. The molecule has 4 N–H and O–H groups in total. The first-order valence-corrected chi connectivity index (χ1v) is 20.0. The Morgan fingerprint density at radius 2 is 1.65 bits per heavy atom. The summed E-state index contributed by atoms with van der Waals surface area (Å²) >= 11 is 0. The molecule has 52 heavy (non-hydrogen) atoms. The highest BCUT2D eigenvalue weighted by Crippen LogP contribution is 2.52. The highest BCUT2D eigenvalue weighted by Gasteiger charge is 2.71. The van der Waals surface area contributed by atoms with Crippen LogP contribution >= 0.6 is 7.82 Å². The minimum atomic E-state index is -4.91. The van der Waals surface area contributed by atoms with Crippen molar-refractivity contribution in [1.82, 2.24) is 5.32 Å². The number of nitrogens with one attached hydrogen (secondary N) is 1. The summed E-state index contributed by atoms with van der Waals surface area (Å²) in [6.45, 7) is 14.1. The first kappa shape index (κ1) is 40.3. The average Bonchev–Trinajstić information content (AvgIpc) is 3.86. The number of esters is 2. The van der Waals surface area contributed by atoms with Gasteiger partial charge in [0, 0.05) is 30.5 Å². The molecule has 2 aromatic rings. The van der Waals surface area contributed by atoms with Crippen molar-refractivity contribution in [3.8, 4) is 5.75 Å². The lowest BCUT2D eigenvalue weighted by Gasteiger charge is -2.47. The number of aliphatic hydroxyl groups excluding tert-OH is 1. The van der Waals surface area contributed by atoms with E-state index in [-0.39, 0.29) is 60.3 Å². The average molecular weight is 748 g/mol. The molecule has 3 fully saturated rings. The van der Waals surface area contributed by atoms with E-state index in [9.17, 15) is 29.0 Å². The summed E-state index contributed by atoms with van der Waals surface area (Å²) in [5.74, 6) is -1.79. The minimum absolute atomic E-state index is 0.0317. The van der Waals surface area contributed by atoms with E-state index in [4.69, 9.17) is 18.7 Å². The molecule has 0 aromatic heterocycles. The number of quaternary nitrogens is 2. The summed E-state index contributed by atoms with van der Waals surface area (Å²) in [5.41, 5.74) is 1.43. The quantitative estimate of drug-likeness (QED) is 0.0802. The molecule has 6 unspecified atom stereocenters. The summed E-state index contributed by atoms with van der Waals surface area (Å²) in [6, 6.07) is 14.5. The second kappa shape index (κ2) is 15.8. The van der Waals surface area contributed by atoms with Gasteiger partial charge in [-0.05, 0) is 64.8 Å². The van der Waals surface area contributed by atoms with Crippen LogP contribution in [0.4, 0.5) is 0 Å². The Hall–Kier alpha value is -2.87. The Morgan fingerprint density at radius 1 is 1.02 bits per heavy atom. The number of hydrogen-bond donors (Lipinski definition) is 4. The summed E-state index contributed by atoms with van der Waals surface area (Å²) in [6.07, 6.45) is 0.813. The molecule has 3 aliphatic heterocycles. The second-order valence-electron chi connectivity index (χ2n) is 15.9. The third-order valence-corrected chi connectivity index (χ3v) is 12.0. The Labute approximate surface area is 307 Å². The van der Waals surface area contributed by atoms with Gasteiger partial charge >= 0.3 is 19.8 Å². The number of phosphoric acid groups is 1. The first-order valence-electron chi connectivity index (χ1n) is 18.5. The number of β-amino-alcohol motifs (C(OH)–C–C–N with tert-alkyl or cyclic N) is 1. The van der Waals surface area contributed by atoms with Gasteiger partial charge in [0.05, 0.1) is 32.8 Å². The van der Waals surface area contributed by atoms with E-state index in [2.05, 4.69) is 19.3 Å². The molecule has 3 aliphatic rings. The lowest BCUT2D eigenvalue weighted by atomic mass is 9.95. The molecule has 0 amide bonds. The number of carbonyl (C=O) groups is 2. The maximum absolute atomic E-state index is 13.8. The van der Waals surface area contributed by atoms with Crippen molar-refractivity contribution < 1.29 is 56.7 Å². The molecule has 0 radical (unpaired) electrons. The van der Waals surface area contributed by atoms with E-state index in [1.54, 1.807) is 12.1 Å². The number of ether oxygens (including phenoxy) is 3. The van der Waals surface area contributed by atoms with Gasteiger partial charge in [-0.3, -0.25) is 14.6 Å². The molecule has 288 valence electrons. The van der Waals surface area contributed by atoms with Crippen molar-refractivity contribution in [3.05, 3.63) is 65.2 Å². The number of piperidine rings is 1. The van der Waals surface area contributed by atoms with Crippen LogP contribution in [0.25, 0.3) is 0 Å². The molecule has 8 atom stereocenters. The Kier molecular flexibility index (Phi) is 12.3. The summed E-state index contributed by atoms with van der Waals surface area (Å²) in [7, 11) is -2.63. The van der Waals surface area contributed by atoms with Crippen LogP contribution in [-0.4, -0.2) is 118 Å². The largest absolute Gasteiger partial charge is 0.524 e. The number of fused-ring (bicyclic) bond motifs is 5. The van der Waals surface area contributed by atoms with Crippen LogP contribution in [0.15, 0.2) is 48.5 Å². The zero-order valence-electron chi connectivity index (χ0n) is 31.6. The summed E-state index contributed by atoms with van der Waals surface area (Å²) in [5, 5.41) is 14.2. The predicted molar refractivity (Wildman–Crippen MR) is 194 cm³/mol. The van der Waals surface area contributed by atoms with Crippen LogP contribution in [0.1, 0.15) is 83.1 Å². The fraction of sp³-hybridized carbons (Fsp3) is 0.632. The monoisotopic (exact) mass is 747 g/mol. The van der Waals surface area contributed by atoms with Crippen molar-refractivity contribution in [1.29, 1.82) is 0 Å². The van der Waals surface area contributed by atoms with E-state index in [1.807, 2.05) is 65.0 Å². The molecular weight excluding hydrogens is 689 g/mol. The topological polar surface area (TPSA) is 164 Å². The van der Waals surface area contributed by atoms with Crippen LogP contribution in [0.3, 0.4) is 0 Å². The first-order chi connectivity index (χ1) is 24.4. The number of phosphoric ester groups is 1. The smallest absolute Gasteiger partial charge is 0.461 e. The van der Waals surface area contributed by atoms with Gasteiger partial charge in [-0.2, -0.15) is 0 Å². The Bertz CT molecular complexity index is 1590. The second-order valence-corrected chi connectivity index (χ2v) is 17.1. The van der Waals surface area contributed by atoms with E-state index in [1.165, 1.54) is 6.07 Å². The summed E-state index contributed by atoms with van der Waals surface area (Å²) < 4.78 is 36.0. The van der Waals surface area contributed by atoms with Gasteiger partial charge in [0.25, 0.3) is 0 Å². The maximum atomic E-state index is 13.8. The highest BCUT2D eigenvalue weighted by atomic mass is 31.2. The molecule has 0 spiro atoms. The number of hydrogen-bond acceptors (Lipinski definition) is 9. The minimum Gasteiger partial charge on any atom is -0.461 e. The number of nitrogens with zero attached hydrogens (tertiary/aromatic N) is 2. The third kappa shape index (κ3) is 9.43. The number of morpholine rings is 1. The van der Waals surface area contributed by atoms with Gasteiger partial charge in [0.15, 0.2) is 6.54 Å². The Balaban J connectivity index is 1.29. The number of rotatable bonds is 17. The highest BCUT2D eigenvalue weighted by molar-refractivity contribution is 7.46. The van der Waals surface area contributed by atoms with Gasteiger partial charge in [0.2, 0.25) is 0 Å². The number of aliphatic hydroxyl groups is 1. The molecule has 0 saturated carbocycles. The van der Waals surface area contributed by atoms with Crippen molar-refractivity contribution in [3.63, 3.8) is 0 Å².